The molecule has 1 aromatic rings. The first-order chi connectivity index (χ1) is 6.03. The predicted molar refractivity (Wildman–Crippen MR) is 51.1 cm³/mol. The Morgan fingerprint density at radius 2 is 1.85 bits per heavy atom. The lowest BCUT2D eigenvalue weighted by Gasteiger charge is -2.07. The van der Waals surface area contributed by atoms with E-state index in [1.807, 2.05) is 0 Å². The fourth-order valence-electron chi connectivity index (χ4n) is 0.680. The van der Waals surface area contributed by atoms with Crippen LogP contribution >= 0.6 is 23.4 Å². The van der Waals surface area contributed by atoms with Gasteiger partial charge in [0.1, 0.15) is 0 Å². The molecule has 0 unspecified atom stereocenters. The zero-order chi connectivity index (χ0) is 9.90. The quantitative estimate of drug-likeness (QED) is 0.539. The van der Waals surface area contributed by atoms with Gasteiger partial charge in [0.2, 0.25) is 0 Å². The summed E-state index contributed by atoms with van der Waals surface area (Å²) in [6.07, 6.45) is 4.64. The molecule has 68 valence electrons. The molecular formula is C9H5ClF2S. The highest BCUT2D eigenvalue weighted by atomic mass is 35.5. The summed E-state index contributed by atoms with van der Waals surface area (Å²) in [5.74, 6) is 1.40. The van der Waals surface area contributed by atoms with Crippen LogP contribution in [0.3, 0.4) is 0 Å². The van der Waals surface area contributed by atoms with Crippen molar-refractivity contribution in [2.75, 3.05) is 0 Å². The lowest BCUT2D eigenvalue weighted by Crippen LogP contribution is -2.04. The lowest BCUT2D eigenvalue weighted by molar-refractivity contribution is 0.174. The van der Waals surface area contributed by atoms with Gasteiger partial charge in [-0.3, -0.25) is 0 Å². The molecule has 0 saturated carbocycles. The molecule has 0 amide bonds. The number of hydrogen-bond acceptors (Lipinski definition) is 1. The van der Waals surface area contributed by atoms with E-state index in [9.17, 15) is 8.78 Å². The summed E-state index contributed by atoms with van der Waals surface area (Å²) in [6.45, 7) is 0. The monoisotopic (exact) mass is 218 g/mol. The van der Waals surface area contributed by atoms with Crippen LogP contribution in [0.4, 0.5) is 8.78 Å². The van der Waals surface area contributed by atoms with Gasteiger partial charge < -0.3 is 0 Å². The van der Waals surface area contributed by atoms with Crippen molar-refractivity contribution >= 4 is 23.4 Å². The van der Waals surface area contributed by atoms with E-state index >= 15 is 0 Å². The molecule has 0 aliphatic heterocycles. The highest BCUT2D eigenvalue weighted by molar-refractivity contribution is 8.00. The summed E-state index contributed by atoms with van der Waals surface area (Å²) >= 11 is 5.91. The molecule has 4 heteroatoms. The standard InChI is InChI=1S/C9H5ClF2S/c1-2-9(11,12)13-8-5-3-7(10)4-6-8/h1,3-6H. The SMILES string of the molecule is C#CC(F)(F)Sc1ccc(Cl)cc1. The van der Waals surface area contributed by atoms with Gasteiger partial charge in [0, 0.05) is 9.92 Å². The number of thioether (sulfide) groups is 1. The summed E-state index contributed by atoms with van der Waals surface area (Å²) in [5, 5.41) is -2.65. The van der Waals surface area contributed by atoms with Crippen LogP contribution in [0, 0.1) is 12.3 Å². The second kappa shape index (κ2) is 3.99. The number of benzene rings is 1. The van der Waals surface area contributed by atoms with Crippen molar-refractivity contribution in [1.82, 2.24) is 0 Å². The minimum Gasteiger partial charge on any atom is -0.180 e. The van der Waals surface area contributed by atoms with Gasteiger partial charge in [-0.25, -0.2) is 0 Å². The van der Waals surface area contributed by atoms with E-state index in [0.29, 0.717) is 21.7 Å². The van der Waals surface area contributed by atoms with Crippen LogP contribution in [0.15, 0.2) is 29.2 Å². The smallest absolute Gasteiger partial charge is 0.180 e. The van der Waals surface area contributed by atoms with Gasteiger partial charge in [-0.15, -0.1) is 6.42 Å². The van der Waals surface area contributed by atoms with Crippen LogP contribution in [0.1, 0.15) is 0 Å². The Kier molecular flexibility index (Phi) is 3.18. The number of halogens is 3. The fourth-order valence-corrected chi connectivity index (χ4v) is 1.43. The van der Waals surface area contributed by atoms with E-state index in [1.54, 1.807) is 0 Å². The van der Waals surface area contributed by atoms with Crippen LogP contribution in [0.2, 0.25) is 5.02 Å². The van der Waals surface area contributed by atoms with Gasteiger partial charge in [0.15, 0.2) is 0 Å². The van der Waals surface area contributed by atoms with E-state index in [1.165, 1.54) is 30.2 Å². The molecule has 0 N–H and O–H groups in total. The van der Waals surface area contributed by atoms with E-state index < -0.39 is 5.25 Å². The highest BCUT2D eigenvalue weighted by Crippen LogP contribution is 2.35. The summed E-state index contributed by atoms with van der Waals surface area (Å²) in [5.41, 5.74) is 0. The molecule has 0 atom stereocenters. The topological polar surface area (TPSA) is 0 Å². The van der Waals surface area contributed by atoms with Crippen LogP contribution in [-0.2, 0) is 0 Å². The molecule has 0 radical (unpaired) electrons. The van der Waals surface area contributed by atoms with Crippen molar-refractivity contribution in [3.05, 3.63) is 29.3 Å². The predicted octanol–water partition coefficient (Wildman–Crippen LogP) is 3.66. The summed E-state index contributed by atoms with van der Waals surface area (Å²) in [4.78, 5) is 0.396. The van der Waals surface area contributed by atoms with Crippen molar-refractivity contribution in [2.45, 2.75) is 10.2 Å². The van der Waals surface area contributed by atoms with Gasteiger partial charge in [-0.2, -0.15) is 8.78 Å². The third kappa shape index (κ3) is 3.25. The van der Waals surface area contributed by atoms with E-state index in [2.05, 4.69) is 6.42 Å². The van der Waals surface area contributed by atoms with E-state index in [-0.39, 0.29) is 0 Å². The molecular weight excluding hydrogens is 214 g/mol. The minimum atomic E-state index is -3.16. The van der Waals surface area contributed by atoms with Crippen molar-refractivity contribution in [1.29, 1.82) is 0 Å². The molecule has 0 aromatic heterocycles. The maximum absolute atomic E-state index is 12.6. The second-order valence-corrected chi connectivity index (χ2v) is 3.84. The molecule has 13 heavy (non-hydrogen) atoms. The summed E-state index contributed by atoms with van der Waals surface area (Å²) in [7, 11) is 0. The molecule has 0 aliphatic rings. The molecule has 0 spiro atoms. The zero-order valence-corrected chi connectivity index (χ0v) is 8.00. The number of rotatable bonds is 2. The Morgan fingerprint density at radius 3 is 2.31 bits per heavy atom. The van der Waals surface area contributed by atoms with Crippen molar-refractivity contribution < 1.29 is 8.78 Å². The molecule has 1 aromatic carbocycles. The zero-order valence-electron chi connectivity index (χ0n) is 6.43. The fraction of sp³-hybridized carbons (Fsp3) is 0.111. The van der Waals surface area contributed by atoms with Crippen molar-refractivity contribution in [3.63, 3.8) is 0 Å². The first-order valence-corrected chi connectivity index (χ1v) is 4.53. The third-order valence-electron chi connectivity index (χ3n) is 1.23. The molecule has 1 rings (SSSR count). The Balaban J connectivity index is 2.77. The number of terminal acetylenes is 1. The largest absolute Gasteiger partial charge is 0.360 e. The molecule has 0 saturated heterocycles. The van der Waals surface area contributed by atoms with Gasteiger partial charge in [0.05, 0.1) is 0 Å². The summed E-state index contributed by atoms with van der Waals surface area (Å²) in [6, 6.07) is 6.07. The molecule has 0 nitrogen and oxygen atoms in total. The molecule has 0 heterocycles. The average Bonchev–Trinajstić information content (AvgIpc) is 2.09. The van der Waals surface area contributed by atoms with Gasteiger partial charge in [0.25, 0.3) is 0 Å². The Hall–Kier alpha value is -0.720. The Labute approximate surface area is 84.3 Å². The number of alkyl halides is 2. The normalized spacial score (nSPS) is 10.9. The first-order valence-electron chi connectivity index (χ1n) is 3.34. The molecule has 0 bridgehead atoms. The maximum Gasteiger partial charge on any atom is 0.360 e. The van der Waals surface area contributed by atoms with Crippen LogP contribution < -0.4 is 0 Å². The molecule has 0 aliphatic carbocycles. The average molecular weight is 219 g/mol. The molecule has 0 fully saturated rings. The van der Waals surface area contributed by atoms with Gasteiger partial charge in [-0.1, -0.05) is 11.6 Å². The Morgan fingerprint density at radius 1 is 1.31 bits per heavy atom. The lowest BCUT2D eigenvalue weighted by atomic mass is 10.4. The van der Waals surface area contributed by atoms with Gasteiger partial charge in [-0.05, 0) is 41.9 Å². The van der Waals surface area contributed by atoms with E-state index in [0.717, 1.165) is 0 Å². The van der Waals surface area contributed by atoms with Gasteiger partial charge >= 0.3 is 5.25 Å². The maximum atomic E-state index is 12.6. The third-order valence-corrected chi connectivity index (χ3v) is 2.36. The van der Waals surface area contributed by atoms with E-state index in [4.69, 9.17) is 11.6 Å². The summed E-state index contributed by atoms with van der Waals surface area (Å²) < 4.78 is 25.3. The van der Waals surface area contributed by atoms with Crippen molar-refractivity contribution in [2.24, 2.45) is 0 Å². The van der Waals surface area contributed by atoms with Crippen molar-refractivity contribution in [3.8, 4) is 12.3 Å². The number of hydrogen-bond donors (Lipinski definition) is 0. The minimum absolute atomic E-state index is 0.326. The second-order valence-electron chi connectivity index (χ2n) is 2.22. The highest BCUT2D eigenvalue weighted by Gasteiger charge is 2.26. The van der Waals surface area contributed by atoms with Crippen LogP contribution in [-0.4, -0.2) is 5.25 Å². The van der Waals surface area contributed by atoms with Crippen LogP contribution in [0.25, 0.3) is 0 Å². The van der Waals surface area contributed by atoms with Crippen LogP contribution in [0.5, 0.6) is 0 Å². The first kappa shape index (κ1) is 10.4. The Bertz CT molecular complexity index is 326.